The maximum atomic E-state index is 12.4. The molecule has 1 saturated heterocycles. The normalized spacial score (nSPS) is 17.3. The second-order valence-electron chi connectivity index (χ2n) is 8.30. The highest BCUT2D eigenvalue weighted by molar-refractivity contribution is 5.85. The Morgan fingerprint density at radius 1 is 0.829 bits per heavy atom. The molecule has 0 saturated carbocycles. The van der Waals surface area contributed by atoms with Crippen LogP contribution in [0.5, 0.6) is 23.0 Å². The van der Waals surface area contributed by atoms with Gasteiger partial charge < -0.3 is 18.9 Å². The summed E-state index contributed by atoms with van der Waals surface area (Å²) in [5, 5.41) is 8.07. The summed E-state index contributed by atoms with van der Waals surface area (Å²) in [6, 6.07) is 10.9. The van der Waals surface area contributed by atoms with Crippen molar-refractivity contribution in [1.82, 2.24) is 15.8 Å². The molecule has 2 aromatic carbocycles. The van der Waals surface area contributed by atoms with Crippen LogP contribution in [0.1, 0.15) is 24.0 Å². The van der Waals surface area contributed by atoms with Crippen molar-refractivity contribution in [2.75, 3.05) is 33.2 Å². The highest BCUT2D eigenvalue weighted by Gasteiger charge is 2.25. The van der Waals surface area contributed by atoms with Crippen LogP contribution in [0.25, 0.3) is 0 Å². The minimum atomic E-state index is -0.210. The van der Waals surface area contributed by atoms with Crippen molar-refractivity contribution in [3.05, 3.63) is 47.5 Å². The van der Waals surface area contributed by atoms with Gasteiger partial charge in [-0.1, -0.05) is 0 Å². The molecule has 11 heteroatoms. The Bertz CT molecular complexity index is 1160. The Hall–Kier alpha value is -4.12. The van der Waals surface area contributed by atoms with E-state index in [9.17, 15) is 9.59 Å². The summed E-state index contributed by atoms with van der Waals surface area (Å²) in [5.41, 5.74) is 6.75. The Balaban J connectivity index is 1.01. The molecule has 0 atom stereocenters. The fourth-order valence-corrected chi connectivity index (χ4v) is 4.02. The molecule has 11 nitrogen and oxygen atoms in total. The Morgan fingerprint density at radius 3 is 1.97 bits per heavy atom. The van der Waals surface area contributed by atoms with E-state index in [2.05, 4.69) is 21.1 Å². The van der Waals surface area contributed by atoms with Crippen LogP contribution in [0.2, 0.25) is 0 Å². The van der Waals surface area contributed by atoms with Crippen LogP contribution in [-0.2, 0) is 9.59 Å². The highest BCUT2D eigenvalue weighted by atomic mass is 16.7. The quantitative estimate of drug-likeness (QED) is 0.455. The number of fused-ring (bicyclic) bond motifs is 2. The number of benzene rings is 2. The smallest absolute Gasteiger partial charge is 0.254 e. The van der Waals surface area contributed by atoms with E-state index >= 15 is 0 Å². The van der Waals surface area contributed by atoms with Crippen LogP contribution in [0.3, 0.4) is 0 Å². The van der Waals surface area contributed by atoms with Crippen molar-refractivity contribution in [1.29, 1.82) is 0 Å². The molecule has 3 heterocycles. The lowest BCUT2D eigenvalue weighted by Gasteiger charge is -2.30. The average Bonchev–Trinajstić information content (AvgIpc) is 3.53. The second-order valence-corrected chi connectivity index (χ2v) is 8.30. The molecule has 2 N–H and O–H groups in total. The Kier molecular flexibility index (Phi) is 6.75. The predicted octanol–water partition coefficient (Wildman–Crippen LogP) is 1.46. The van der Waals surface area contributed by atoms with Gasteiger partial charge >= 0.3 is 0 Å². The molecule has 182 valence electrons. The highest BCUT2D eigenvalue weighted by Crippen LogP contribution is 2.32. The monoisotopic (exact) mass is 479 g/mol. The van der Waals surface area contributed by atoms with Gasteiger partial charge in [0, 0.05) is 5.92 Å². The van der Waals surface area contributed by atoms with Gasteiger partial charge in [0.2, 0.25) is 19.5 Å². The van der Waals surface area contributed by atoms with Crippen molar-refractivity contribution in [3.63, 3.8) is 0 Å². The van der Waals surface area contributed by atoms with Gasteiger partial charge in [-0.2, -0.15) is 10.2 Å². The molecule has 2 amide bonds. The molecule has 0 spiro atoms. The van der Waals surface area contributed by atoms with Crippen molar-refractivity contribution >= 4 is 24.2 Å². The number of hydrogen-bond donors (Lipinski definition) is 2. The van der Waals surface area contributed by atoms with Crippen LogP contribution in [0.15, 0.2) is 46.6 Å². The minimum absolute atomic E-state index is 0.126. The third-order valence-electron chi connectivity index (χ3n) is 5.91. The van der Waals surface area contributed by atoms with E-state index in [1.165, 1.54) is 0 Å². The topological polar surface area (TPSA) is 123 Å². The fourth-order valence-electron chi connectivity index (χ4n) is 4.02. The summed E-state index contributed by atoms with van der Waals surface area (Å²) in [6.45, 7) is 1.92. The number of nitrogens with zero attached hydrogens (tertiary/aromatic N) is 3. The van der Waals surface area contributed by atoms with Crippen LogP contribution in [0.4, 0.5) is 0 Å². The standard InChI is InChI=1S/C24H25N5O6/c30-23(27-25-11-16-1-3-19-21(9-16)34-14-32-19)13-29-7-5-18(6-8-29)24(31)28-26-12-17-2-4-20-22(10-17)35-15-33-20/h1-4,9-12,18H,5-8,13-15H2,(H,27,30)(H,28,31)/b25-11-,26-12-. The van der Waals surface area contributed by atoms with Gasteiger partial charge in [0.1, 0.15) is 0 Å². The lowest BCUT2D eigenvalue weighted by Crippen LogP contribution is -2.43. The van der Waals surface area contributed by atoms with Gasteiger partial charge in [-0.05, 0) is 73.5 Å². The van der Waals surface area contributed by atoms with Crippen LogP contribution in [-0.4, -0.2) is 62.4 Å². The van der Waals surface area contributed by atoms with E-state index < -0.39 is 0 Å². The summed E-state index contributed by atoms with van der Waals surface area (Å²) in [6.07, 6.45) is 4.43. The molecule has 1 fully saturated rings. The number of hydrogen-bond acceptors (Lipinski definition) is 9. The number of hydrazone groups is 2. The number of nitrogens with one attached hydrogen (secondary N) is 2. The lowest BCUT2D eigenvalue weighted by molar-refractivity contribution is -0.126. The van der Waals surface area contributed by atoms with Crippen molar-refractivity contribution in [2.24, 2.45) is 16.1 Å². The van der Waals surface area contributed by atoms with Gasteiger partial charge in [-0.25, -0.2) is 10.9 Å². The van der Waals surface area contributed by atoms with Crippen LogP contribution >= 0.6 is 0 Å². The van der Waals surface area contributed by atoms with Gasteiger partial charge in [-0.3, -0.25) is 14.5 Å². The molecule has 0 aliphatic carbocycles. The molecule has 0 aromatic heterocycles. The number of likely N-dealkylation sites (tertiary alicyclic amines) is 1. The number of amides is 2. The zero-order chi connectivity index (χ0) is 24.0. The molecular weight excluding hydrogens is 454 g/mol. The first-order chi connectivity index (χ1) is 17.1. The van der Waals surface area contributed by atoms with Crippen LogP contribution in [0, 0.1) is 5.92 Å². The molecule has 0 unspecified atom stereocenters. The molecule has 0 radical (unpaired) electrons. The summed E-state index contributed by atoms with van der Waals surface area (Å²) in [5.74, 6) is 2.23. The number of carbonyl (C=O) groups is 2. The molecule has 0 bridgehead atoms. The van der Waals surface area contributed by atoms with E-state index in [-0.39, 0.29) is 37.9 Å². The molecule has 3 aliphatic heterocycles. The predicted molar refractivity (Wildman–Crippen MR) is 126 cm³/mol. The number of piperidine rings is 1. The molecular formula is C24H25N5O6. The summed E-state index contributed by atoms with van der Waals surface area (Å²) >= 11 is 0. The average molecular weight is 479 g/mol. The largest absolute Gasteiger partial charge is 0.454 e. The van der Waals surface area contributed by atoms with E-state index in [1.807, 2.05) is 17.0 Å². The first-order valence-corrected chi connectivity index (χ1v) is 11.3. The maximum absolute atomic E-state index is 12.4. The molecule has 5 rings (SSSR count). The summed E-state index contributed by atoms with van der Waals surface area (Å²) < 4.78 is 21.2. The first kappa shape index (κ1) is 22.7. The summed E-state index contributed by atoms with van der Waals surface area (Å²) in [4.78, 5) is 26.7. The van der Waals surface area contributed by atoms with Crippen molar-refractivity contribution in [3.8, 4) is 23.0 Å². The van der Waals surface area contributed by atoms with Gasteiger partial charge in [-0.15, -0.1) is 0 Å². The number of rotatable bonds is 7. The van der Waals surface area contributed by atoms with Gasteiger partial charge in [0.25, 0.3) is 5.91 Å². The number of ether oxygens (including phenoxy) is 4. The Labute approximate surface area is 201 Å². The van der Waals surface area contributed by atoms with E-state index in [0.29, 0.717) is 48.9 Å². The third-order valence-corrected chi connectivity index (χ3v) is 5.91. The van der Waals surface area contributed by atoms with Crippen molar-refractivity contribution < 1.29 is 28.5 Å². The van der Waals surface area contributed by atoms with Crippen LogP contribution < -0.4 is 29.8 Å². The van der Waals surface area contributed by atoms with E-state index in [1.54, 1.807) is 36.7 Å². The van der Waals surface area contributed by atoms with E-state index in [0.717, 1.165) is 11.1 Å². The first-order valence-electron chi connectivity index (χ1n) is 11.3. The molecule has 2 aromatic rings. The maximum Gasteiger partial charge on any atom is 0.254 e. The third kappa shape index (κ3) is 5.69. The SMILES string of the molecule is O=C(CN1CCC(C(=O)N/N=C\c2ccc3c(c2)OCO3)CC1)N/N=C\c1ccc2c(c1)OCO2. The second kappa shape index (κ2) is 10.4. The minimum Gasteiger partial charge on any atom is -0.454 e. The lowest BCUT2D eigenvalue weighted by atomic mass is 9.96. The summed E-state index contributed by atoms with van der Waals surface area (Å²) in [7, 11) is 0. The zero-order valence-electron chi connectivity index (χ0n) is 18.9. The molecule has 3 aliphatic rings. The molecule has 35 heavy (non-hydrogen) atoms. The zero-order valence-corrected chi connectivity index (χ0v) is 18.9. The van der Waals surface area contributed by atoms with E-state index in [4.69, 9.17) is 18.9 Å². The number of carbonyl (C=O) groups excluding carboxylic acids is 2. The van der Waals surface area contributed by atoms with Gasteiger partial charge in [0.05, 0.1) is 19.0 Å². The van der Waals surface area contributed by atoms with Crippen molar-refractivity contribution in [2.45, 2.75) is 12.8 Å². The van der Waals surface area contributed by atoms with Gasteiger partial charge in [0.15, 0.2) is 23.0 Å². The Morgan fingerprint density at radius 2 is 1.37 bits per heavy atom. The fraction of sp³-hybridized carbons (Fsp3) is 0.333.